The highest BCUT2D eigenvalue weighted by atomic mass is 16.5. The van der Waals surface area contributed by atoms with Gasteiger partial charge in [0.1, 0.15) is 6.33 Å². The number of ether oxygens (including phenoxy) is 1. The highest BCUT2D eigenvalue weighted by Crippen LogP contribution is 1.99. The minimum atomic E-state index is -0.348. The van der Waals surface area contributed by atoms with Crippen molar-refractivity contribution in [3.8, 4) is 0 Å². The highest BCUT2D eigenvalue weighted by Gasteiger charge is 2.02. The Labute approximate surface area is 83.9 Å². The van der Waals surface area contributed by atoms with Gasteiger partial charge in [-0.05, 0) is 6.42 Å². The fourth-order valence-corrected chi connectivity index (χ4v) is 1.13. The zero-order valence-electron chi connectivity index (χ0n) is 8.48. The molecule has 0 amide bonds. The van der Waals surface area contributed by atoms with E-state index in [1.54, 1.807) is 12.4 Å². The number of nitrogens with zero attached hydrogens (tertiary/aromatic N) is 2. The van der Waals surface area contributed by atoms with Crippen LogP contribution in [0.25, 0.3) is 0 Å². The zero-order chi connectivity index (χ0) is 10.2. The van der Waals surface area contributed by atoms with E-state index in [1.165, 1.54) is 23.7 Å². The lowest BCUT2D eigenvalue weighted by atomic mass is 10.2. The monoisotopic (exact) mass is 196 g/mol. The molecule has 0 fully saturated rings. The third-order valence-corrected chi connectivity index (χ3v) is 1.94. The smallest absolute Gasteiger partial charge is 0.419 e. The first-order valence-corrected chi connectivity index (χ1v) is 4.99. The van der Waals surface area contributed by atoms with Crippen LogP contribution in [0.1, 0.15) is 32.6 Å². The Hall–Kier alpha value is -1.32. The lowest BCUT2D eigenvalue weighted by Gasteiger charge is -2.03. The molecule has 1 aromatic heterocycles. The zero-order valence-corrected chi connectivity index (χ0v) is 8.48. The molecular formula is C10H16N2O2. The standard InChI is InChI=1S/C10H16N2O2/c1-2-3-4-5-8-14-10(13)12-7-6-11-9-12/h6-7,9H,2-5,8H2,1H3. The average molecular weight is 196 g/mol. The fourth-order valence-electron chi connectivity index (χ4n) is 1.13. The number of rotatable bonds is 5. The fraction of sp³-hybridized carbons (Fsp3) is 0.600. The van der Waals surface area contributed by atoms with E-state index in [0.717, 1.165) is 12.8 Å². The van der Waals surface area contributed by atoms with Crippen LogP contribution in [0.5, 0.6) is 0 Å². The van der Waals surface area contributed by atoms with E-state index in [-0.39, 0.29) is 6.09 Å². The summed E-state index contributed by atoms with van der Waals surface area (Å²) in [6.07, 6.45) is 8.67. The van der Waals surface area contributed by atoms with Gasteiger partial charge in [-0.2, -0.15) is 0 Å². The van der Waals surface area contributed by atoms with Crippen LogP contribution >= 0.6 is 0 Å². The molecule has 0 aromatic carbocycles. The van der Waals surface area contributed by atoms with Gasteiger partial charge in [0, 0.05) is 12.4 Å². The van der Waals surface area contributed by atoms with Crippen molar-refractivity contribution < 1.29 is 9.53 Å². The summed E-state index contributed by atoms with van der Waals surface area (Å²) in [5, 5.41) is 0. The van der Waals surface area contributed by atoms with Crippen molar-refractivity contribution in [1.82, 2.24) is 9.55 Å². The number of aromatic nitrogens is 2. The molecule has 0 N–H and O–H groups in total. The van der Waals surface area contributed by atoms with Gasteiger partial charge in [0.25, 0.3) is 0 Å². The molecule has 0 aliphatic heterocycles. The predicted octanol–water partition coefficient (Wildman–Crippen LogP) is 2.45. The maximum Gasteiger partial charge on any atom is 0.419 e. The van der Waals surface area contributed by atoms with Crippen LogP contribution in [-0.4, -0.2) is 22.3 Å². The van der Waals surface area contributed by atoms with Crippen LogP contribution in [0.2, 0.25) is 0 Å². The number of hydrogen-bond acceptors (Lipinski definition) is 3. The minimum Gasteiger partial charge on any atom is -0.449 e. The summed E-state index contributed by atoms with van der Waals surface area (Å²) in [7, 11) is 0. The van der Waals surface area contributed by atoms with Crippen molar-refractivity contribution in [2.45, 2.75) is 32.6 Å². The molecule has 4 nitrogen and oxygen atoms in total. The Kier molecular flexibility index (Phi) is 4.75. The summed E-state index contributed by atoms with van der Waals surface area (Å²) in [4.78, 5) is 15.0. The quantitative estimate of drug-likeness (QED) is 0.679. The van der Waals surface area contributed by atoms with Gasteiger partial charge >= 0.3 is 6.09 Å². The molecule has 0 spiro atoms. The van der Waals surface area contributed by atoms with Gasteiger partial charge < -0.3 is 4.74 Å². The van der Waals surface area contributed by atoms with Crippen molar-refractivity contribution in [1.29, 1.82) is 0 Å². The van der Waals surface area contributed by atoms with Crippen LogP contribution in [0.3, 0.4) is 0 Å². The number of carbonyl (C=O) groups is 1. The number of unbranched alkanes of at least 4 members (excludes halogenated alkanes) is 3. The van der Waals surface area contributed by atoms with Crippen molar-refractivity contribution in [3.05, 3.63) is 18.7 Å². The van der Waals surface area contributed by atoms with Gasteiger partial charge in [-0.3, -0.25) is 0 Å². The third kappa shape index (κ3) is 3.60. The Morgan fingerprint density at radius 3 is 2.93 bits per heavy atom. The average Bonchev–Trinajstić information content (AvgIpc) is 2.70. The number of carbonyl (C=O) groups excluding carboxylic acids is 1. The van der Waals surface area contributed by atoms with Crippen molar-refractivity contribution >= 4 is 6.09 Å². The molecule has 0 saturated carbocycles. The first-order valence-electron chi connectivity index (χ1n) is 4.99. The third-order valence-electron chi connectivity index (χ3n) is 1.94. The minimum absolute atomic E-state index is 0.348. The molecule has 14 heavy (non-hydrogen) atoms. The van der Waals surface area contributed by atoms with E-state index in [0.29, 0.717) is 6.61 Å². The molecular weight excluding hydrogens is 180 g/mol. The molecule has 0 unspecified atom stereocenters. The van der Waals surface area contributed by atoms with Gasteiger partial charge in [-0.15, -0.1) is 0 Å². The Morgan fingerprint density at radius 1 is 1.43 bits per heavy atom. The molecule has 0 aliphatic carbocycles. The predicted molar refractivity (Wildman–Crippen MR) is 53.1 cm³/mol. The van der Waals surface area contributed by atoms with Crippen LogP contribution in [-0.2, 0) is 4.74 Å². The van der Waals surface area contributed by atoms with Crippen molar-refractivity contribution in [3.63, 3.8) is 0 Å². The van der Waals surface area contributed by atoms with E-state index >= 15 is 0 Å². The normalized spacial score (nSPS) is 10.1. The van der Waals surface area contributed by atoms with Crippen molar-refractivity contribution in [2.75, 3.05) is 6.61 Å². The maximum atomic E-state index is 11.2. The maximum absolute atomic E-state index is 11.2. The van der Waals surface area contributed by atoms with Gasteiger partial charge in [-0.1, -0.05) is 26.2 Å². The summed E-state index contributed by atoms with van der Waals surface area (Å²) in [6, 6.07) is 0. The number of hydrogen-bond donors (Lipinski definition) is 0. The number of imidazole rings is 1. The first-order chi connectivity index (χ1) is 6.84. The van der Waals surface area contributed by atoms with Gasteiger partial charge in [0.05, 0.1) is 6.61 Å². The summed E-state index contributed by atoms with van der Waals surface area (Å²) in [6.45, 7) is 2.65. The lowest BCUT2D eigenvalue weighted by molar-refractivity contribution is 0.145. The molecule has 0 bridgehead atoms. The van der Waals surface area contributed by atoms with E-state index in [1.807, 2.05) is 0 Å². The van der Waals surface area contributed by atoms with Crippen LogP contribution in [0.4, 0.5) is 4.79 Å². The summed E-state index contributed by atoms with van der Waals surface area (Å²) in [5.74, 6) is 0. The Balaban J connectivity index is 2.10. The first kappa shape index (κ1) is 10.8. The molecule has 78 valence electrons. The van der Waals surface area contributed by atoms with E-state index in [2.05, 4.69) is 11.9 Å². The van der Waals surface area contributed by atoms with Crippen LogP contribution in [0, 0.1) is 0 Å². The largest absolute Gasteiger partial charge is 0.449 e. The molecule has 1 heterocycles. The van der Waals surface area contributed by atoms with E-state index in [4.69, 9.17) is 4.74 Å². The van der Waals surface area contributed by atoms with Crippen LogP contribution < -0.4 is 0 Å². The topological polar surface area (TPSA) is 44.1 Å². The molecule has 0 aliphatic rings. The molecule has 0 radical (unpaired) electrons. The lowest BCUT2D eigenvalue weighted by Crippen LogP contribution is -2.12. The molecule has 0 atom stereocenters. The van der Waals surface area contributed by atoms with E-state index in [9.17, 15) is 4.79 Å². The molecule has 4 heteroatoms. The second kappa shape index (κ2) is 6.18. The van der Waals surface area contributed by atoms with E-state index < -0.39 is 0 Å². The van der Waals surface area contributed by atoms with Crippen molar-refractivity contribution in [2.24, 2.45) is 0 Å². The second-order valence-electron chi connectivity index (χ2n) is 3.14. The summed E-state index contributed by atoms with van der Waals surface area (Å²) in [5.41, 5.74) is 0. The SMILES string of the molecule is CCCCCCOC(=O)n1ccnc1. The molecule has 1 rings (SSSR count). The Bertz CT molecular complexity index is 257. The van der Waals surface area contributed by atoms with Gasteiger partial charge in [0.2, 0.25) is 0 Å². The van der Waals surface area contributed by atoms with Crippen LogP contribution in [0.15, 0.2) is 18.7 Å². The second-order valence-corrected chi connectivity index (χ2v) is 3.14. The summed E-state index contributed by atoms with van der Waals surface area (Å²) >= 11 is 0. The van der Waals surface area contributed by atoms with Gasteiger partial charge in [0.15, 0.2) is 0 Å². The molecule has 0 saturated heterocycles. The molecule has 1 aromatic rings. The Morgan fingerprint density at radius 2 is 2.29 bits per heavy atom. The van der Waals surface area contributed by atoms with Gasteiger partial charge in [-0.25, -0.2) is 14.3 Å². The summed E-state index contributed by atoms with van der Waals surface area (Å²) < 4.78 is 6.35. The highest BCUT2D eigenvalue weighted by molar-refractivity contribution is 5.69.